The second-order valence-electron chi connectivity index (χ2n) is 5.15. The molecule has 1 heterocycles. The van der Waals surface area contributed by atoms with E-state index in [4.69, 9.17) is 15.9 Å². The van der Waals surface area contributed by atoms with Crippen molar-refractivity contribution in [1.29, 1.82) is 0 Å². The predicted molar refractivity (Wildman–Crippen MR) is 80.9 cm³/mol. The number of carbonyl (C=O) groups excluding carboxylic acids is 1. The van der Waals surface area contributed by atoms with Crippen LogP contribution in [0, 0.1) is 18.3 Å². The summed E-state index contributed by atoms with van der Waals surface area (Å²) in [5, 5.41) is 0. The van der Waals surface area contributed by atoms with Crippen LogP contribution in [0.15, 0.2) is 30.3 Å². The van der Waals surface area contributed by atoms with Crippen LogP contribution in [0.5, 0.6) is 5.75 Å². The molecule has 1 amide bonds. The molecule has 1 fully saturated rings. The fourth-order valence-corrected chi connectivity index (χ4v) is 2.39. The lowest BCUT2D eigenvalue weighted by molar-refractivity contribution is -0.135. The highest BCUT2D eigenvalue weighted by Gasteiger charge is 2.23. The van der Waals surface area contributed by atoms with Crippen molar-refractivity contribution < 1.29 is 14.3 Å². The van der Waals surface area contributed by atoms with Gasteiger partial charge in [0, 0.05) is 13.1 Å². The molecule has 0 spiro atoms. The first-order valence-electron chi connectivity index (χ1n) is 7.26. The lowest BCUT2D eigenvalue weighted by Crippen LogP contribution is -2.41. The highest BCUT2D eigenvalue weighted by Crippen LogP contribution is 2.18. The Morgan fingerprint density at radius 3 is 2.67 bits per heavy atom. The Hall–Kier alpha value is -1.99. The molecule has 1 aliphatic rings. The van der Waals surface area contributed by atoms with Crippen molar-refractivity contribution in [3.05, 3.63) is 30.3 Å². The van der Waals surface area contributed by atoms with Crippen LogP contribution in [-0.2, 0) is 9.53 Å². The minimum atomic E-state index is 0.0434. The summed E-state index contributed by atoms with van der Waals surface area (Å²) >= 11 is 0. The summed E-state index contributed by atoms with van der Waals surface area (Å²) in [7, 11) is 0. The molecule has 1 aliphatic heterocycles. The van der Waals surface area contributed by atoms with E-state index < -0.39 is 0 Å². The number of terminal acetylenes is 1. The van der Waals surface area contributed by atoms with Gasteiger partial charge in [0.25, 0.3) is 5.91 Å². The average molecular weight is 287 g/mol. The van der Waals surface area contributed by atoms with Gasteiger partial charge in [0.05, 0.1) is 6.61 Å². The maximum Gasteiger partial charge on any atom is 0.260 e. The topological polar surface area (TPSA) is 38.8 Å². The summed E-state index contributed by atoms with van der Waals surface area (Å²) in [6.07, 6.45) is 7.07. The van der Waals surface area contributed by atoms with Crippen LogP contribution in [-0.4, -0.2) is 43.7 Å². The second-order valence-corrected chi connectivity index (χ2v) is 5.15. The number of hydrogen-bond acceptors (Lipinski definition) is 3. The lowest BCUT2D eigenvalue weighted by Gasteiger charge is -2.31. The Kier molecular flexibility index (Phi) is 6.11. The Bertz CT molecular complexity index is 473. The molecule has 0 unspecified atom stereocenters. The Morgan fingerprint density at radius 1 is 1.29 bits per heavy atom. The number of ether oxygens (including phenoxy) is 2. The summed E-state index contributed by atoms with van der Waals surface area (Å²) in [5.41, 5.74) is 0. The zero-order chi connectivity index (χ0) is 14.9. The van der Waals surface area contributed by atoms with Gasteiger partial charge >= 0.3 is 0 Å². The van der Waals surface area contributed by atoms with E-state index in [1.165, 1.54) is 0 Å². The normalized spacial score (nSPS) is 15.5. The number of benzene rings is 1. The molecule has 0 bridgehead atoms. The first-order chi connectivity index (χ1) is 10.3. The molecule has 4 heteroatoms. The third-order valence-electron chi connectivity index (χ3n) is 3.61. The van der Waals surface area contributed by atoms with Crippen LogP contribution in [0.1, 0.15) is 12.8 Å². The van der Waals surface area contributed by atoms with E-state index >= 15 is 0 Å². The number of carbonyl (C=O) groups is 1. The summed E-state index contributed by atoms with van der Waals surface area (Å²) < 4.78 is 10.8. The molecule has 0 saturated carbocycles. The van der Waals surface area contributed by atoms with Crippen molar-refractivity contribution in [3.63, 3.8) is 0 Å². The van der Waals surface area contributed by atoms with Crippen LogP contribution >= 0.6 is 0 Å². The van der Waals surface area contributed by atoms with Gasteiger partial charge in [-0.05, 0) is 30.9 Å². The molecule has 21 heavy (non-hydrogen) atoms. The molecule has 112 valence electrons. The van der Waals surface area contributed by atoms with Gasteiger partial charge in [-0.1, -0.05) is 24.1 Å². The number of nitrogens with zero attached hydrogens (tertiary/aromatic N) is 1. The number of likely N-dealkylation sites (tertiary alicyclic amines) is 1. The maximum absolute atomic E-state index is 12.1. The highest BCUT2D eigenvalue weighted by molar-refractivity contribution is 5.77. The third-order valence-corrected chi connectivity index (χ3v) is 3.61. The van der Waals surface area contributed by atoms with Crippen molar-refractivity contribution in [2.45, 2.75) is 12.8 Å². The van der Waals surface area contributed by atoms with Gasteiger partial charge in [-0.3, -0.25) is 4.79 Å². The van der Waals surface area contributed by atoms with Gasteiger partial charge in [-0.2, -0.15) is 0 Å². The molecule has 0 N–H and O–H groups in total. The quantitative estimate of drug-likeness (QED) is 0.593. The zero-order valence-electron chi connectivity index (χ0n) is 12.2. The molecule has 4 nitrogen and oxygen atoms in total. The largest absolute Gasteiger partial charge is 0.484 e. The van der Waals surface area contributed by atoms with Crippen molar-refractivity contribution in [3.8, 4) is 18.1 Å². The van der Waals surface area contributed by atoms with Gasteiger partial charge in [0.15, 0.2) is 6.61 Å². The Labute approximate surface area is 126 Å². The minimum absolute atomic E-state index is 0.0434. The molecule has 1 aromatic carbocycles. The number of para-hydroxylation sites is 1. The van der Waals surface area contributed by atoms with Crippen LogP contribution < -0.4 is 4.74 Å². The molecule has 1 aromatic rings. The van der Waals surface area contributed by atoms with Crippen molar-refractivity contribution in [1.82, 2.24) is 4.90 Å². The van der Waals surface area contributed by atoms with E-state index in [-0.39, 0.29) is 12.5 Å². The van der Waals surface area contributed by atoms with Crippen molar-refractivity contribution in [2.75, 3.05) is 32.9 Å². The van der Waals surface area contributed by atoms with Gasteiger partial charge in [0.1, 0.15) is 12.4 Å². The first kappa shape index (κ1) is 15.4. The molecule has 1 saturated heterocycles. The third kappa shape index (κ3) is 5.13. The fraction of sp³-hybridized carbons (Fsp3) is 0.471. The number of rotatable bonds is 6. The van der Waals surface area contributed by atoms with E-state index in [1.54, 1.807) is 0 Å². The Balaban J connectivity index is 1.67. The molecular weight excluding hydrogens is 266 g/mol. The average Bonchev–Trinajstić information content (AvgIpc) is 2.54. The maximum atomic E-state index is 12.1. The van der Waals surface area contributed by atoms with E-state index in [0.717, 1.165) is 31.7 Å². The Morgan fingerprint density at radius 2 is 2.00 bits per heavy atom. The summed E-state index contributed by atoms with van der Waals surface area (Å²) in [6, 6.07) is 9.40. The fourth-order valence-electron chi connectivity index (χ4n) is 2.39. The van der Waals surface area contributed by atoms with Crippen LogP contribution in [0.4, 0.5) is 0 Å². The van der Waals surface area contributed by atoms with E-state index in [9.17, 15) is 4.79 Å². The van der Waals surface area contributed by atoms with Gasteiger partial charge in [-0.15, -0.1) is 6.42 Å². The molecule has 0 aromatic heterocycles. The van der Waals surface area contributed by atoms with Crippen LogP contribution in [0.3, 0.4) is 0 Å². The van der Waals surface area contributed by atoms with Gasteiger partial charge in [-0.25, -0.2) is 0 Å². The van der Waals surface area contributed by atoms with E-state index in [0.29, 0.717) is 19.1 Å². The molecule has 0 atom stereocenters. The van der Waals surface area contributed by atoms with Crippen molar-refractivity contribution >= 4 is 5.91 Å². The zero-order valence-corrected chi connectivity index (χ0v) is 12.2. The molecule has 0 aliphatic carbocycles. The minimum Gasteiger partial charge on any atom is -0.484 e. The summed E-state index contributed by atoms with van der Waals surface area (Å²) in [6.45, 7) is 2.68. The van der Waals surface area contributed by atoms with Crippen LogP contribution in [0.2, 0.25) is 0 Å². The number of hydrogen-bond donors (Lipinski definition) is 0. The standard InChI is InChI=1S/C17H21NO3/c1-2-12-20-13-15-8-10-18(11-9-15)17(19)14-21-16-6-4-3-5-7-16/h1,3-7,15H,8-14H2. The summed E-state index contributed by atoms with van der Waals surface area (Å²) in [5.74, 6) is 3.73. The smallest absolute Gasteiger partial charge is 0.260 e. The molecular formula is C17H21NO3. The lowest BCUT2D eigenvalue weighted by atomic mass is 9.98. The molecule has 0 radical (unpaired) electrons. The van der Waals surface area contributed by atoms with E-state index in [2.05, 4.69) is 5.92 Å². The SMILES string of the molecule is C#CCOCC1CCN(C(=O)COc2ccccc2)CC1. The highest BCUT2D eigenvalue weighted by atomic mass is 16.5. The predicted octanol–water partition coefficient (Wildman–Crippen LogP) is 1.95. The van der Waals surface area contributed by atoms with Gasteiger partial charge < -0.3 is 14.4 Å². The number of piperidine rings is 1. The van der Waals surface area contributed by atoms with Crippen molar-refractivity contribution in [2.24, 2.45) is 5.92 Å². The number of amides is 1. The van der Waals surface area contributed by atoms with Crippen LogP contribution in [0.25, 0.3) is 0 Å². The summed E-state index contributed by atoms with van der Waals surface area (Å²) in [4.78, 5) is 13.9. The first-order valence-corrected chi connectivity index (χ1v) is 7.26. The van der Waals surface area contributed by atoms with E-state index in [1.807, 2.05) is 35.2 Å². The second kappa shape index (κ2) is 8.33. The monoisotopic (exact) mass is 287 g/mol. The molecule has 2 rings (SSSR count). The van der Waals surface area contributed by atoms with Gasteiger partial charge in [0.2, 0.25) is 0 Å².